The minimum Gasteiger partial charge on any atom is -0.317 e. The maximum atomic E-state index is 4.20. The van der Waals surface area contributed by atoms with Crippen LogP contribution in [0.15, 0.2) is 225 Å². The van der Waals surface area contributed by atoms with Crippen molar-refractivity contribution in [3.05, 3.63) is 264 Å². The van der Waals surface area contributed by atoms with Gasteiger partial charge in [0.15, 0.2) is 0 Å². The summed E-state index contributed by atoms with van der Waals surface area (Å²) in [6.45, 7) is 6.62. The zero-order chi connectivity index (χ0) is 43.4. The number of nitrogens with zero attached hydrogens (tertiary/aromatic N) is 1. The van der Waals surface area contributed by atoms with Crippen molar-refractivity contribution in [1.29, 1.82) is 0 Å². The zero-order valence-corrected chi connectivity index (χ0v) is 36.9. The molecule has 1 aliphatic heterocycles. The number of fused-ring (bicyclic) bond motifs is 9. The van der Waals surface area contributed by atoms with E-state index in [2.05, 4.69) is 231 Å². The molecule has 0 amide bonds. The molecule has 1 nitrogen and oxygen atoms in total. The van der Waals surface area contributed by atoms with Crippen LogP contribution in [-0.4, -0.2) is 0 Å². The van der Waals surface area contributed by atoms with Crippen LogP contribution in [0.4, 0.5) is 11.4 Å². The first-order valence-corrected chi connectivity index (χ1v) is 23.4. The monoisotopic (exact) mass is 833 g/mol. The van der Waals surface area contributed by atoms with Gasteiger partial charge >= 0.3 is 0 Å². The minimum atomic E-state index is 0.285. The third kappa shape index (κ3) is 6.86. The molecule has 3 unspecified atom stereocenters. The summed E-state index contributed by atoms with van der Waals surface area (Å²) in [6, 6.07) is 53.2. The molecular formula is C64H51N. The van der Waals surface area contributed by atoms with Gasteiger partial charge in [-0.25, -0.2) is 0 Å². The standard InChI is InChI=1S/C64H51N/c1-3-43-15-14-36-65(53-32-28-46(29-33-53)60-41-51-27-26-45-18-7-8-21-55(45)64(51)59-25-12-9-22-56(59)60)62-35-31-48(39-52(62)37-43)49-30-34-54-42(2)63(58-24-11-10-23-57(58)61(54)40-49)50-20-13-19-47(38-50)44-16-5-4-6-17-44/h3-5,7-16,18-36,38-42,45,55,63H,1,6,17,37H2,2H3/b36-14-,43-15-/t42?,45-,55?,63?/m1/s1. The summed E-state index contributed by atoms with van der Waals surface area (Å²) in [5, 5.41) is 2.65. The van der Waals surface area contributed by atoms with Crippen LogP contribution in [0, 0.1) is 5.92 Å². The van der Waals surface area contributed by atoms with Gasteiger partial charge in [0.05, 0.1) is 0 Å². The second kappa shape index (κ2) is 16.3. The van der Waals surface area contributed by atoms with E-state index in [-0.39, 0.29) is 5.92 Å². The van der Waals surface area contributed by atoms with Gasteiger partial charge in [0.1, 0.15) is 0 Å². The molecule has 0 spiro atoms. The Morgan fingerprint density at radius 2 is 1.43 bits per heavy atom. The quantitative estimate of drug-likeness (QED) is 0.161. The molecule has 7 aromatic rings. The third-order valence-corrected chi connectivity index (χ3v) is 14.7. The van der Waals surface area contributed by atoms with E-state index in [9.17, 15) is 0 Å². The first-order valence-electron chi connectivity index (χ1n) is 23.4. The average Bonchev–Trinajstić information content (AvgIpc) is 3.36. The highest BCUT2D eigenvalue weighted by Gasteiger charge is 2.33. The van der Waals surface area contributed by atoms with Crippen LogP contribution in [-0.2, 0) is 6.42 Å². The summed E-state index contributed by atoms with van der Waals surface area (Å²) in [6.07, 6.45) is 32.1. The second-order valence-electron chi connectivity index (χ2n) is 18.4. The average molecular weight is 834 g/mol. The van der Waals surface area contributed by atoms with Crippen LogP contribution in [0.2, 0.25) is 0 Å². The van der Waals surface area contributed by atoms with Crippen LogP contribution >= 0.6 is 0 Å². The molecule has 312 valence electrons. The Labute approximate surface area is 383 Å². The third-order valence-electron chi connectivity index (χ3n) is 14.7. The fourth-order valence-electron chi connectivity index (χ4n) is 11.5. The van der Waals surface area contributed by atoms with E-state index in [4.69, 9.17) is 0 Å². The number of rotatable bonds is 6. The lowest BCUT2D eigenvalue weighted by Crippen LogP contribution is -2.17. The van der Waals surface area contributed by atoms with Crippen molar-refractivity contribution in [2.45, 2.75) is 43.9 Å². The van der Waals surface area contributed by atoms with Gasteiger partial charge in [0.25, 0.3) is 0 Å². The normalized spacial score (nSPS) is 21.4. The summed E-state index contributed by atoms with van der Waals surface area (Å²) in [5.74, 6) is 1.39. The molecular weight excluding hydrogens is 783 g/mol. The van der Waals surface area contributed by atoms with Gasteiger partial charge in [-0.1, -0.05) is 183 Å². The summed E-state index contributed by atoms with van der Waals surface area (Å²) in [4.78, 5) is 2.34. The maximum absolute atomic E-state index is 4.20. The first kappa shape index (κ1) is 39.1. The minimum absolute atomic E-state index is 0.285. The molecule has 4 aliphatic carbocycles. The van der Waals surface area contributed by atoms with E-state index >= 15 is 0 Å². The molecule has 0 saturated heterocycles. The Morgan fingerprint density at radius 3 is 2.31 bits per heavy atom. The molecule has 0 N–H and O–H groups in total. The molecule has 0 bridgehead atoms. The largest absolute Gasteiger partial charge is 0.317 e. The van der Waals surface area contributed by atoms with Crippen LogP contribution in [0.5, 0.6) is 0 Å². The molecule has 0 radical (unpaired) electrons. The Kier molecular flexibility index (Phi) is 9.79. The fraction of sp³-hybridized carbons (Fsp3) is 0.125. The summed E-state index contributed by atoms with van der Waals surface area (Å²) in [7, 11) is 0. The second-order valence-corrected chi connectivity index (χ2v) is 18.4. The van der Waals surface area contributed by atoms with Crippen molar-refractivity contribution in [2.75, 3.05) is 4.90 Å². The Hall–Kier alpha value is -7.48. The lowest BCUT2D eigenvalue weighted by molar-refractivity contribution is 0.649. The molecule has 7 aromatic carbocycles. The van der Waals surface area contributed by atoms with Gasteiger partial charge in [0, 0.05) is 35.3 Å². The zero-order valence-electron chi connectivity index (χ0n) is 36.9. The molecule has 4 atom stereocenters. The predicted octanol–water partition coefficient (Wildman–Crippen LogP) is 17.0. The highest BCUT2D eigenvalue weighted by atomic mass is 15.1. The van der Waals surface area contributed by atoms with Crippen molar-refractivity contribution in [2.24, 2.45) is 5.92 Å². The Balaban J connectivity index is 0.884. The van der Waals surface area contributed by atoms with E-state index in [1.807, 2.05) is 6.08 Å². The van der Waals surface area contributed by atoms with Crippen molar-refractivity contribution in [3.63, 3.8) is 0 Å². The predicted molar refractivity (Wildman–Crippen MR) is 277 cm³/mol. The molecule has 1 heterocycles. The Morgan fingerprint density at radius 1 is 0.615 bits per heavy atom. The van der Waals surface area contributed by atoms with E-state index < -0.39 is 0 Å². The molecule has 12 rings (SSSR count). The maximum Gasteiger partial charge on any atom is 0.0491 e. The smallest absolute Gasteiger partial charge is 0.0491 e. The van der Waals surface area contributed by atoms with Crippen LogP contribution in [0.25, 0.3) is 55.8 Å². The Bertz CT molecular complexity index is 3280. The molecule has 1 heteroatoms. The van der Waals surface area contributed by atoms with Crippen molar-refractivity contribution in [3.8, 4) is 33.4 Å². The van der Waals surface area contributed by atoms with Crippen LogP contribution < -0.4 is 4.90 Å². The van der Waals surface area contributed by atoms with Crippen LogP contribution in [0.1, 0.15) is 76.5 Å². The van der Waals surface area contributed by atoms with Gasteiger partial charge in [-0.15, -0.1) is 0 Å². The summed E-state index contributed by atoms with van der Waals surface area (Å²) >= 11 is 0. The lowest BCUT2D eigenvalue weighted by Gasteiger charge is -2.34. The summed E-state index contributed by atoms with van der Waals surface area (Å²) < 4.78 is 0. The molecule has 0 saturated carbocycles. The highest BCUT2D eigenvalue weighted by molar-refractivity contribution is 6.02. The number of benzene rings is 7. The van der Waals surface area contributed by atoms with E-state index in [0.717, 1.165) is 24.9 Å². The van der Waals surface area contributed by atoms with Crippen molar-refractivity contribution in [1.82, 2.24) is 0 Å². The topological polar surface area (TPSA) is 3.24 Å². The van der Waals surface area contributed by atoms with Crippen molar-refractivity contribution >= 4 is 33.8 Å². The van der Waals surface area contributed by atoms with Gasteiger partial charge in [0.2, 0.25) is 0 Å². The number of hydrogen-bond donors (Lipinski definition) is 0. The molecule has 65 heavy (non-hydrogen) atoms. The fourth-order valence-corrected chi connectivity index (χ4v) is 11.5. The molecule has 0 fully saturated rings. The number of anilines is 2. The van der Waals surface area contributed by atoms with E-state index in [1.54, 1.807) is 0 Å². The summed E-state index contributed by atoms with van der Waals surface area (Å²) in [5.41, 5.74) is 22.2. The number of hydrogen-bond acceptors (Lipinski definition) is 1. The highest BCUT2D eigenvalue weighted by Crippen LogP contribution is 2.51. The van der Waals surface area contributed by atoms with Crippen molar-refractivity contribution < 1.29 is 0 Å². The molecule has 0 aromatic heterocycles. The van der Waals surface area contributed by atoms with E-state index in [0.29, 0.717) is 17.8 Å². The number of allylic oxidation sites excluding steroid dienone is 13. The van der Waals surface area contributed by atoms with Gasteiger partial charge in [-0.05, 0) is 162 Å². The van der Waals surface area contributed by atoms with Gasteiger partial charge in [-0.3, -0.25) is 0 Å². The lowest BCUT2D eigenvalue weighted by atomic mass is 9.69. The van der Waals surface area contributed by atoms with Gasteiger partial charge < -0.3 is 4.90 Å². The molecule has 5 aliphatic rings. The van der Waals surface area contributed by atoms with E-state index in [1.165, 1.54) is 99.9 Å². The van der Waals surface area contributed by atoms with Gasteiger partial charge in [-0.2, -0.15) is 0 Å². The SMILES string of the molecule is C=C/C1=C/C=C\N(c2ccc(-c3cc4c(c5ccccc35)C3C=CC=C[C@@H]3C=C4)cc2)c2ccc(-c3ccc4c(c3)-c3ccccc3C(c3cccc(C5=CC=CCC5)c3)C4C)cc2C1. The first-order chi connectivity index (χ1) is 32.1. The van der Waals surface area contributed by atoms with Crippen LogP contribution in [0.3, 0.4) is 0 Å².